The minimum absolute atomic E-state index is 0.108. The number of carbonyl (C=O) groups excluding carboxylic acids is 1. The molecule has 1 aliphatic rings. The molecular weight excluding hydrogens is 286 g/mol. The molecule has 1 saturated carbocycles. The predicted molar refractivity (Wildman–Crippen MR) is 77.7 cm³/mol. The maximum Gasteiger partial charge on any atom is 0.316 e. The van der Waals surface area contributed by atoms with E-state index in [0.29, 0.717) is 11.6 Å². The summed E-state index contributed by atoms with van der Waals surface area (Å²) < 4.78 is 6.10. The Bertz CT molecular complexity index is 737. The molecule has 2 aromatic heterocycles. The van der Waals surface area contributed by atoms with Crippen LogP contribution in [0.5, 0.6) is 6.01 Å². The van der Waals surface area contributed by atoms with Gasteiger partial charge in [0, 0.05) is 12.0 Å². The first-order valence-corrected chi connectivity index (χ1v) is 6.88. The topological polar surface area (TPSA) is 99.0 Å². The molecule has 0 spiro atoms. The number of nitrogens with zero attached hydrogens (tertiary/aromatic N) is 4. The van der Waals surface area contributed by atoms with E-state index >= 15 is 0 Å². The van der Waals surface area contributed by atoms with Crippen LogP contribution < -0.4 is 15.6 Å². The van der Waals surface area contributed by atoms with E-state index in [-0.39, 0.29) is 24.0 Å². The summed E-state index contributed by atoms with van der Waals surface area (Å²) in [5, 5.41) is 2.61. The van der Waals surface area contributed by atoms with E-state index in [1.165, 1.54) is 36.5 Å². The second-order valence-electron chi connectivity index (χ2n) is 5.06. The van der Waals surface area contributed by atoms with Gasteiger partial charge in [0.15, 0.2) is 0 Å². The van der Waals surface area contributed by atoms with Crippen molar-refractivity contribution in [2.45, 2.75) is 25.3 Å². The highest BCUT2D eigenvalue weighted by atomic mass is 16.5. The molecule has 2 aromatic rings. The van der Waals surface area contributed by atoms with Crippen molar-refractivity contribution in [3.8, 4) is 6.01 Å². The van der Waals surface area contributed by atoms with Crippen LogP contribution in [0.2, 0.25) is 0 Å². The maximum absolute atomic E-state index is 11.9. The predicted octanol–water partition coefficient (Wildman–Crippen LogP) is 0.558. The number of hydrogen-bond donors (Lipinski definition) is 1. The third-order valence-electron chi connectivity index (χ3n) is 3.30. The zero-order valence-corrected chi connectivity index (χ0v) is 12.0. The van der Waals surface area contributed by atoms with Crippen molar-refractivity contribution in [3.05, 3.63) is 40.8 Å². The molecule has 1 fully saturated rings. The number of nitrogens with one attached hydrogen (secondary N) is 1. The molecule has 1 aliphatic carbocycles. The van der Waals surface area contributed by atoms with Gasteiger partial charge in [-0.2, -0.15) is 0 Å². The van der Waals surface area contributed by atoms with Crippen LogP contribution in [0.4, 0.5) is 5.69 Å². The molecule has 22 heavy (non-hydrogen) atoms. The zero-order valence-electron chi connectivity index (χ0n) is 12.0. The Morgan fingerprint density at radius 3 is 2.68 bits per heavy atom. The molecule has 8 heteroatoms. The third-order valence-corrected chi connectivity index (χ3v) is 3.30. The first kappa shape index (κ1) is 14.2. The van der Waals surface area contributed by atoms with Crippen LogP contribution in [0, 0.1) is 0 Å². The van der Waals surface area contributed by atoms with Gasteiger partial charge in [0.1, 0.15) is 6.54 Å². The monoisotopic (exact) mass is 301 g/mol. The smallest absolute Gasteiger partial charge is 0.316 e. The highest BCUT2D eigenvalue weighted by Gasteiger charge is 2.25. The summed E-state index contributed by atoms with van der Waals surface area (Å²) in [6.07, 6.45) is 6.44. The summed E-state index contributed by atoms with van der Waals surface area (Å²) in [5.74, 6) is 0.0597. The number of ether oxygens (including phenoxy) is 1. The summed E-state index contributed by atoms with van der Waals surface area (Å²) in [7, 11) is 1.46. The summed E-state index contributed by atoms with van der Waals surface area (Å²) in [5.41, 5.74) is 1.02. The summed E-state index contributed by atoms with van der Waals surface area (Å²) in [6.45, 7) is -0.108. The largest absolute Gasteiger partial charge is 0.467 e. The van der Waals surface area contributed by atoms with Gasteiger partial charge in [-0.1, -0.05) is 0 Å². The first-order valence-electron chi connectivity index (χ1n) is 6.88. The molecule has 0 radical (unpaired) electrons. The molecule has 114 valence electrons. The van der Waals surface area contributed by atoms with Crippen LogP contribution >= 0.6 is 0 Å². The maximum atomic E-state index is 11.9. The number of carbonyl (C=O) groups is 1. The Kier molecular flexibility index (Phi) is 3.82. The van der Waals surface area contributed by atoms with Crippen LogP contribution in [-0.4, -0.2) is 32.5 Å². The fraction of sp³-hybridized carbons (Fsp3) is 0.357. The number of methoxy groups -OCH3 is 1. The van der Waals surface area contributed by atoms with Crippen molar-refractivity contribution >= 4 is 11.6 Å². The fourth-order valence-corrected chi connectivity index (χ4v) is 2.00. The van der Waals surface area contributed by atoms with E-state index in [1.54, 1.807) is 0 Å². The van der Waals surface area contributed by atoms with Crippen molar-refractivity contribution < 1.29 is 9.53 Å². The molecule has 0 aromatic carbocycles. The van der Waals surface area contributed by atoms with Crippen LogP contribution in [0.3, 0.4) is 0 Å². The lowest BCUT2D eigenvalue weighted by atomic mass is 10.3. The van der Waals surface area contributed by atoms with Crippen molar-refractivity contribution in [1.82, 2.24) is 19.5 Å². The highest BCUT2D eigenvalue weighted by Crippen LogP contribution is 2.38. The minimum Gasteiger partial charge on any atom is -0.467 e. The van der Waals surface area contributed by atoms with Crippen molar-refractivity contribution in [1.29, 1.82) is 0 Å². The minimum atomic E-state index is -0.350. The lowest BCUT2D eigenvalue weighted by molar-refractivity contribution is -0.116. The van der Waals surface area contributed by atoms with Gasteiger partial charge in [0.05, 0.1) is 37.2 Å². The molecule has 8 nitrogen and oxygen atoms in total. The first-order chi connectivity index (χ1) is 10.7. The second kappa shape index (κ2) is 5.92. The second-order valence-corrected chi connectivity index (χ2v) is 5.06. The van der Waals surface area contributed by atoms with Gasteiger partial charge in [-0.15, -0.1) is 0 Å². The lowest BCUT2D eigenvalue weighted by Crippen LogP contribution is -2.27. The molecular formula is C14H15N5O3. The summed E-state index contributed by atoms with van der Waals surface area (Å²) in [6, 6.07) is 1.72. The van der Waals surface area contributed by atoms with Gasteiger partial charge >= 0.3 is 6.01 Å². The average molecular weight is 301 g/mol. The van der Waals surface area contributed by atoms with E-state index in [0.717, 1.165) is 18.5 Å². The molecule has 3 rings (SSSR count). The Hall–Kier alpha value is -2.77. The molecule has 0 bridgehead atoms. The van der Waals surface area contributed by atoms with Gasteiger partial charge in [-0.25, -0.2) is 15.0 Å². The Balaban J connectivity index is 1.64. The summed E-state index contributed by atoms with van der Waals surface area (Å²) in [4.78, 5) is 35.9. The van der Waals surface area contributed by atoms with Crippen LogP contribution in [0.25, 0.3) is 0 Å². The van der Waals surface area contributed by atoms with E-state index in [1.807, 2.05) is 0 Å². The van der Waals surface area contributed by atoms with Gasteiger partial charge < -0.3 is 10.1 Å². The van der Waals surface area contributed by atoms with Gasteiger partial charge in [0.25, 0.3) is 5.56 Å². The van der Waals surface area contributed by atoms with Crippen LogP contribution in [0.1, 0.15) is 24.5 Å². The lowest BCUT2D eigenvalue weighted by Gasteiger charge is -2.07. The van der Waals surface area contributed by atoms with Gasteiger partial charge in [-0.05, 0) is 12.8 Å². The van der Waals surface area contributed by atoms with Gasteiger partial charge in [-0.3, -0.25) is 14.2 Å². The van der Waals surface area contributed by atoms with E-state index in [9.17, 15) is 9.59 Å². The number of amides is 1. The molecule has 0 saturated heterocycles. The normalized spacial score (nSPS) is 13.7. The van der Waals surface area contributed by atoms with E-state index in [2.05, 4.69) is 20.3 Å². The Labute approximate surface area is 126 Å². The van der Waals surface area contributed by atoms with Crippen LogP contribution in [0.15, 0.2) is 29.6 Å². The molecule has 0 atom stereocenters. The van der Waals surface area contributed by atoms with E-state index in [4.69, 9.17) is 4.74 Å². The molecule has 1 amide bonds. The SMILES string of the molecule is COc1ncc(NC(=O)Cn2cnc(C3CC3)cc2=O)cn1. The van der Waals surface area contributed by atoms with Crippen molar-refractivity contribution in [2.75, 3.05) is 12.4 Å². The molecule has 0 aliphatic heterocycles. The highest BCUT2D eigenvalue weighted by molar-refractivity contribution is 5.90. The standard InChI is InChI=1S/C14H15N5O3/c1-22-14-15-5-10(6-16-14)18-12(20)7-19-8-17-11(4-13(19)21)9-2-3-9/h4-6,8-9H,2-3,7H2,1H3,(H,18,20). The Morgan fingerprint density at radius 2 is 2.09 bits per heavy atom. The number of hydrogen-bond acceptors (Lipinski definition) is 6. The average Bonchev–Trinajstić information content (AvgIpc) is 3.35. The summed E-state index contributed by atoms with van der Waals surface area (Å²) >= 11 is 0. The van der Waals surface area contributed by atoms with Crippen LogP contribution in [-0.2, 0) is 11.3 Å². The van der Waals surface area contributed by atoms with Crippen molar-refractivity contribution in [3.63, 3.8) is 0 Å². The van der Waals surface area contributed by atoms with E-state index < -0.39 is 0 Å². The van der Waals surface area contributed by atoms with Gasteiger partial charge in [0.2, 0.25) is 5.91 Å². The Morgan fingerprint density at radius 1 is 1.36 bits per heavy atom. The number of rotatable bonds is 5. The third kappa shape index (κ3) is 3.27. The molecule has 0 unspecified atom stereocenters. The molecule has 1 N–H and O–H groups in total. The zero-order chi connectivity index (χ0) is 15.5. The fourth-order valence-electron chi connectivity index (χ4n) is 2.00. The van der Waals surface area contributed by atoms with Crippen molar-refractivity contribution in [2.24, 2.45) is 0 Å². The molecule has 2 heterocycles. The number of aromatic nitrogens is 4. The number of anilines is 1. The quantitative estimate of drug-likeness (QED) is 0.866.